The fraction of sp³-hybridized carbons (Fsp3) is 0.467. The Labute approximate surface area is 134 Å². The third-order valence-electron chi connectivity index (χ3n) is 3.61. The van der Waals surface area contributed by atoms with E-state index in [4.69, 9.17) is 22.1 Å². The van der Waals surface area contributed by atoms with Gasteiger partial charge in [-0.25, -0.2) is 0 Å². The number of rotatable bonds is 6. The molecule has 7 heteroatoms. The summed E-state index contributed by atoms with van der Waals surface area (Å²) < 4.78 is 5.27. The molecule has 1 unspecified atom stereocenters. The fourth-order valence-electron chi connectivity index (χ4n) is 2.45. The lowest BCUT2D eigenvalue weighted by molar-refractivity contribution is -0.126. The van der Waals surface area contributed by atoms with Gasteiger partial charge in [-0.05, 0) is 31.2 Å². The molecule has 1 aromatic rings. The van der Waals surface area contributed by atoms with Gasteiger partial charge in [-0.3, -0.25) is 9.59 Å². The number of nitrogens with two attached hydrogens (primary N) is 1. The van der Waals surface area contributed by atoms with Crippen LogP contribution in [0, 0.1) is 5.92 Å². The number of nitrogens with one attached hydrogen (secondary N) is 1. The van der Waals surface area contributed by atoms with E-state index in [2.05, 4.69) is 5.32 Å². The molecule has 1 atom stereocenters. The molecule has 1 saturated heterocycles. The fourth-order valence-corrected chi connectivity index (χ4v) is 2.61. The second kappa shape index (κ2) is 7.47. The molecule has 2 rings (SSSR count). The monoisotopic (exact) mass is 325 g/mol. The van der Waals surface area contributed by atoms with Gasteiger partial charge in [0.15, 0.2) is 0 Å². The minimum atomic E-state index is -0.367. The second-order valence-corrected chi connectivity index (χ2v) is 5.59. The molecule has 0 spiro atoms. The lowest BCUT2D eigenvalue weighted by Crippen LogP contribution is -2.34. The predicted molar refractivity (Wildman–Crippen MR) is 85.1 cm³/mol. The van der Waals surface area contributed by atoms with Crippen LogP contribution in [0.5, 0.6) is 5.75 Å². The number of hydrogen-bond donors (Lipinski definition) is 2. The molecule has 22 heavy (non-hydrogen) atoms. The molecule has 0 aromatic heterocycles. The maximum Gasteiger partial charge on any atom is 0.227 e. The normalized spacial score (nSPS) is 17.7. The van der Waals surface area contributed by atoms with E-state index in [1.54, 1.807) is 23.1 Å². The van der Waals surface area contributed by atoms with Crippen LogP contribution >= 0.6 is 11.6 Å². The van der Waals surface area contributed by atoms with Crippen molar-refractivity contribution in [3.05, 3.63) is 23.2 Å². The molecule has 1 aliphatic rings. The number of carbonyl (C=O) groups is 2. The lowest BCUT2D eigenvalue weighted by Gasteiger charge is -2.19. The van der Waals surface area contributed by atoms with Gasteiger partial charge in [0, 0.05) is 24.5 Å². The summed E-state index contributed by atoms with van der Waals surface area (Å²) >= 11 is 6.00. The van der Waals surface area contributed by atoms with Crippen LogP contribution < -0.4 is 20.7 Å². The minimum absolute atomic E-state index is 0.112. The van der Waals surface area contributed by atoms with Crippen molar-refractivity contribution in [2.75, 3.05) is 31.6 Å². The highest BCUT2D eigenvalue weighted by Gasteiger charge is 2.36. The third kappa shape index (κ3) is 3.69. The Morgan fingerprint density at radius 3 is 3.00 bits per heavy atom. The number of nitrogens with zero attached hydrogens (tertiary/aromatic N) is 1. The van der Waals surface area contributed by atoms with Crippen molar-refractivity contribution in [1.29, 1.82) is 0 Å². The van der Waals surface area contributed by atoms with E-state index in [0.29, 0.717) is 36.1 Å². The zero-order chi connectivity index (χ0) is 16.1. The average Bonchev–Trinajstić information content (AvgIpc) is 2.89. The van der Waals surface area contributed by atoms with Gasteiger partial charge in [-0.2, -0.15) is 0 Å². The number of hydrogen-bond acceptors (Lipinski definition) is 4. The summed E-state index contributed by atoms with van der Waals surface area (Å²) in [5.41, 5.74) is 5.99. The topological polar surface area (TPSA) is 84.7 Å². The zero-order valence-electron chi connectivity index (χ0n) is 12.5. The first-order valence-corrected chi connectivity index (χ1v) is 7.56. The van der Waals surface area contributed by atoms with Gasteiger partial charge in [-0.1, -0.05) is 11.6 Å². The average molecular weight is 326 g/mol. The minimum Gasteiger partial charge on any atom is -0.495 e. The van der Waals surface area contributed by atoms with Gasteiger partial charge < -0.3 is 20.7 Å². The quantitative estimate of drug-likeness (QED) is 0.769. The van der Waals surface area contributed by atoms with Crippen molar-refractivity contribution in [3.63, 3.8) is 0 Å². The van der Waals surface area contributed by atoms with E-state index in [-0.39, 0.29) is 24.2 Å². The number of benzene rings is 1. The third-order valence-corrected chi connectivity index (χ3v) is 3.84. The van der Waals surface area contributed by atoms with Crippen molar-refractivity contribution in [2.24, 2.45) is 11.7 Å². The van der Waals surface area contributed by atoms with Crippen molar-refractivity contribution < 1.29 is 14.3 Å². The van der Waals surface area contributed by atoms with Crippen molar-refractivity contribution in [1.82, 2.24) is 5.32 Å². The largest absolute Gasteiger partial charge is 0.495 e. The predicted octanol–water partition coefficient (Wildman–Crippen LogP) is 1.17. The molecule has 6 nitrogen and oxygen atoms in total. The van der Waals surface area contributed by atoms with Gasteiger partial charge in [-0.15, -0.1) is 0 Å². The summed E-state index contributed by atoms with van der Waals surface area (Å²) in [4.78, 5) is 25.9. The molecule has 120 valence electrons. The highest BCUT2D eigenvalue weighted by atomic mass is 35.5. The van der Waals surface area contributed by atoms with Crippen LogP contribution in [-0.4, -0.2) is 38.6 Å². The van der Waals surface area contributed by atoms with E-state index in [0.717, 1.165) is 6.42 Å². The van der Waals surface area contributed by atoms with Gasteiger partial charge in [0.1, 0.15) is 5.75 Å². The van der Waals surface area contributed by atoms with Crippen LogP contribution in [-0.2, 0) is 9.59 Å². The molecule has 0 bridgehead atoms. The van der Waals surface area contributed by atoms with Gasteiger partial charge in [0.25, 0.3) is 0 Å². The Morgan fingerprint density at radius 2 is 2.32 bits per heavy atom. The molecule has 2 amide bonds. The molecule has 1 heterocycles. The maximum atomic E-state index is 12.2. The Kier molecular flexibility index (Phi) is 5.63. The molecule has 1 aromatic carbocycles. The highest BCUT2D eigenvalue weighted by molar-refractivity contribution is 6.31. The van der Waals surface area contributed by atoms with Crippen molar-refractivity contribution in [2.45, 2.75) is 12.8 Å². The summed E-state index contributed by atoms with van der Waals surface area (Å²) in [6.45, 7) is 1.38. The number of ether oxygens (including phenoxy) is 1. The number of amides is 2. The molecule has 1 aliphatic heterocycles. The molecule has 0 aliphatic carbocycles. The molecule has 0 saturated carbocycles. The van der Waals surface area contributed by atoms with E-state index in [1.165, 1.54) is 7.11 Å². The van der Waals surface area contributed by atoms with E-state index >= 15 is 0 Å². The standard InChI is InChI=1S/C15H20ClN3O3/c1-22-13-4-3-11(16)8-12(13)19-9-10(7-14(19)20)15(21)18-6-2-5-17/h3-4,8,10H,2,5-7,9,17H2,1H3,(H,18,21). The smallest absolute Gasteiger partial charge is 0.227 e. The number of carbonyl (C=O) groups excluding carboxylic acids is 2. The number of halogens is 1. The SMILES string of the molecule is COc1ccc(Cl)cc1N1CC(C(=O)NCCCN)CC1=O. The summed E-state index contributed by atoms with van der Waals surface area (Å²) in [7, 11) is 1.53. The summed E-state index contributed by atoms with van der Waals surface area (Å²) in [5, 5.41) is 3.32. The summed E-state index contributed by atoms with van der Waals surface area (Å²) in [6, 6.07) is 5.08. The first-order valence-electron chi connectivity index (χ1n) is 7.18. The molecule has 3 N–H and O–H groups in total. The number of anilines is 1. The Bertz CT molecular complexity index is 565. The van der Waals surface area contributed by atoms with Crippen LogP contribution in [0.15, 0.2) is 18.2 Å². The molecular weight excluding hydrogens is 306 g/mol. The van der Waals surface area contributed by atoms with E-state index < -0.39 is 0 Å². The molecule has 1 fully saturated rings. The zero-order valence-corrected chi connectivity index (χ0v) is 13.2. The Balaban J connectivity index is 2.09. The van der Waals surface area contributed by atoms with Crippen LogP contribution in [0.4, 0.5) is 5.69 Å². The van der Waals surface area contributed by atoms with Gasteiger partial charge >= 0.3 is 0 Å². The lowest BCUT2D eigenvalue weighted by atomic mass is 10.1. The summed E-state index contributed by atoms with van der Waals surface area (Å²) in [5.74, 6) is -0.0410. The van der Waals surface area contributed by atoms with E-state index in [9.17, 15) is 9.59 Å². The second-order valence-electron chi connectivity index (χ2n) is 5.15. The van der Waals surface area contributed by atoms with Crippen LogP contribution in [0.2, 0.25) is 5.02 Å². The summed E-state index contributed by atoms with van der Waals surface area (Å²) in [6.07, 6.45) is 0.905. The first kappa shape index (κ1) is 16.6. The molecular formula is C15H20ClN3O3. The molecule has 0 radical (unpaired) electrons. The van der Waals surface area contributed by atoms with Gasteiger partial charge in [0.2, 0.25) is 11.8 Å². The van der Waals surface area contributed by atoms with Crippen LogP contribution in [0.25, 0.3) is 0 Å². The van der Waals surface area contributed by atoms with Crippen molar-refractivity contribution in [3.8, 4) is 5.75 Å². The Hall–Kier alpha value is -1.79. The highest BCUT2D eigenvalue weighted by Crippen LogP contribution is 2.35. The van der Waals surface area contributed by atoms with Crippen molar-refractivity contribution >= 4 is 29.1 Å². The first-order chi connectivity index (χ1) is 10.6. The van der Waals surface area contributed by atoms with Crippen LogP contribution in [0.1, 0.15) is 12.8 Å². The Morgan fingerprint density at radius 1 is 1.55 bits per heavy atom. The maximum absolute atomic E-state index is 12.2. The number of methoxy groups -OCH3 is 1. The van der Waals surface area contributed by atoms with Crippen LogP contribution in [0.3, 0.4) is 0 Å². The van der Waals surface area contributed by atoms with E-state index in [1.807, 2.05) is 0 Å². The van der Waals surface area contributed by atoms with Gasteiger partial charge in [0.05, 0.1) is 18.7 Å².